The highest BCUT2D eigenvalue weighted by Crippen LogP contribution is 2.36. The highest BCUT2D eigenvalue weighted by Gasteiger charge is 2.28. The van der Waals surface area contributed by atoms with Gasteiger partial charge in [-0.2, -0.15) is 0 Å². The maximum atomic E-state index is 12.5. The minimum atomic E-state index is -1.07. The fourth-order valence-corrected chi connectivity index (χ4v) is 4.46. The summed E-state index contributed by atoms with van der Waals surface area (Å²) >= 11 is 14.3. The van der Waals surface area contributed by atoms with Crippen molar-refractivity contribution >= 4 is 58.8 Å². The number of thioether (sulfide) groups is 1. The molecule has 2 amide bonds. The highest BCUT2D eigenvalue weighted by molar-refractivity contribution is 7.99. The summed E-state index contributed by atoms with van der Waals surface area (Å²) in [6.45, 7) is 4.39. The third-order valence-electron chi connectivity index (χ3n) is 4.85. The van der Waals surface area contributed by atoms with E-state index in [0.29, 0.717) is 41.5 Å². The molecule has 1 saturated heterocycles. The molecule has 1 aromatic rings. The molecule has 1 aliphatic heterocycles. The fraction of sp³-hybridized carbons (Fsp3) is 0.476. The first-order valence-corrected chi connectivity index (χ1v) is 11.6. The molecule has 164 valence electrons. The van der Waals surface area contributed by atoms with E-state index in [1.165, 1.54) is 13.0 Å². The van der Waals surface area contributed by atoms with E-state index >= 15 is 0 Å². The van der Waals surface area contributed by atoms with Crippen LogP contribution in [0.15, 0.2) is 23.1 Å². The molecule has 0 aliphatic carbocycles. The third-order valence-corrected chi connectivity index (χ3v) is 7.12. The zero-order valence-electron chi connectivity index (χ0n) is 17.0. The molecule has 1 aliphatic rings. The molecule has 2 N–H and O–H groups in total. The molecule has 0 unspecified atom stereocenters. The van der Waals surface area contributed by atoms with Crippen molar-refractivity contribution in [2.24, 2.45) is 5.92 Å². The molecule has 2 rings (SSSR count). The van der Waals surface area contributed by atoms with Gasteiger partial charge in [0.25, 0.3) is 0 Å². The second-order valence-corrected chi connectivity index (χ2v) is 9.02. The van der Waals surface area contributed by atoms with Gasteiger partial charge < -0.3 is 15.3 Å². The van der Waals surface area contributed by atoms with Crippen molar-refractivity contribution in [3.63, 3.8) is 0 Å². The van der Waals surface area contributed by atoms with E-state index in [4.69, 9.17) is 28.3 Å². The Morgan fingerprint density at radius 3 is 2.53 bits per heavy atom. The third kappa shape index (κ3) is 6.65. The second kappa shape index (κ2) is 11.6. The number of carbonyl (C=O) groups excluding carboxylic acids is 2. The first-order valence-electron chi connectivity index (χ1n) is 9.85. The maximum absolute atomic E-state index is 12.5. The quantitative estimate of drug-likeness (QED) is 0.434. The lowest BCUT2D eigenvalue weighted by atomic mass is 9.95. The van der Waals surface area contributed by atoms with E-state index in [-0.39, 0.29) is 17.7 Å². The van der Waals surface area contributed by atoms with Gasteiger partial charge in [0.15, 0.2) is 0 Å². The molecule has 9 heteroatoms. The van der Waals surface area contributed by atoms with Gasteiger partial charge in [-0.25, -0.2) is 0 Å². The number of nitrogens with zero attached hydrogens (tertiary/aromatic N) is 1. The zero-order chi connectivity index (χ0) is 22.3. The van der Waals surface area contributed by atoms with Crippen LogP contribution in [0, 0.1) is 5.92 Å². The van der Waals surface area contributed by atoms with Crippen molar-refractivity contribution in [2.75, 3.05) is 18.8 Å². The fourth-order valence-electron chi connectivity index (χ4n) is 3.02. The van der Waals surface area contributed by atoms with Gasteiger partial charge >= 0.3 is 5.97 Å². The topological polar surface area (TPSA) is 86.7 Å². The molecule has 0 radical (unpaired) electrons. The van der Waals surface area contributed by atoms with Crippen molar-refractivity contribution in [3.8, 4) is 0 Å². The molecule has 1 heterocycles. The van der Waals surface area contributed by atoms with Gasteiger partial charge in [-0.15, -0.1) is 11.8 Å². The number of carbonyl (C=O) groups is 3. The molecule has 0 aromatic heterocycles. The number of hydrogen-bond donors (Lipinski definition) is 2. The number of hydrogen-bond acceptors (Lipinski definition) is 4. The Bertz CT molecular complexity index is 823. The number of carboxylic acids is 1. The SMILES string of the molecule is CCCSc1ccc(/C=C/C(=O)N2CCC(C(=O)N[C@@H](C)C(=O)O)CC2)c(Cl)c1Cl. The molecular formula is C21H26Cl2N2O4S. The van der Waals surface area contributed by atoms with E-state index in [1.807, 2.05) is 12.1 Å². The molecule has 1 fully saturated rings. The Hall–Kier alpha value is -1.70. The smallest absolute Gasteiger partial charge is 0.325 e. The van der Waals surface area contributed by atoms with Crippen LogP contribution < -0.4 is 5.32 Å². The number of benzene rings is 1. The number of carboxylic acid groups (broad SMARTS) is 1. The summed E-state index contributed by atoms with van der Waals surface area (Å²) < 4.78 is 0. The van der Waals surface area contributed by atoms with Gasteiger partial charge in [0, 0.05) is 30.0 Å². The number of rotatable bonds is 8. The van der Waals surface area contributed by atoms with Crippen molar-refractivity contribution in [1.82, 2.24) is 10.2 Å². The summed E-state index contributed by atoms with van der Waals surface area (Å²) in [5, 5.41) is 12.3. The lowest BCUT2D eigenvalue weighted by Gasteiger charge is -2.31. The van der Waals surface area contributed by atoms with Crippen LogP contribution in [0.1, 0.15) is 38.7 Å². The minimum absolute atomic E-state index is 0.163. The number of aliphatic carboxylic acids is 1. The van der Waals surface area contributed by atoms with Crippen LogP contribution in [0.4, 0.5) is 0 Å². The monoisotopic (exact) mass is 472 g/mol. The zero-order valence-corrected chi connectivity index (χ0v) is 19.3. The summed E-state index contributed by atoms with van der Waals surface area (Å²) in [7, 11) is 0. The van der Waals surface area contributed by atoms with E-state index < -0.39 is 12.0 Å². The van der Waals surface area contributed by atoms with E-state index in [2.05, 4.69) is 12.2 Å². The lowest BCUT2D eigenvalue weighted by Crippen LogP contribution is -2.46. The highest BCUT2D eigenvalue weighted by atomic mass is 35.5. The first kappa shape index (κ1) is 24.6. The van der Waals surface area contributed by atoms with Crippen molar-refractivity contribution in [1.29, 1.82) is 0 Å². The van der Waals surface area contributed by atoms with Crippen molar-refractivity contribution in [2.45, 2.75) is 44.0 Å². The van der Waals surface area contributed by atoms with Crippen molar-refractivity contribution in [3.05, 3.63) is 33.8 Å². The molecule has 1 atom stereocenters. The van der Waals surface area contributed by atoms with Gasteiger partial charge in [0.2, 0.25) is 11.8 Å². The Labute approximate surface area is 191 Å². The summed E-state index contributed by atoms with van der Waals surface area (Å²) in [5.74, 6) is -0.857. The Balaban J connectivity index is 1.92. The van der Waals surface area contributed by atoms with E-state index in [9.17, 15) is 14.4 Å². The minimum Gasteiger partial charge on any atom is -0.480 e. The summed E-state index contributed by atoms with van der Waals surface area (Å²) in [6, 6.07) is 2.82. The number of amides is 2. The summed E-state index contributed by atoms with van der Waals surface area (Å²) in [4.78, 5) is 38.1. The second-order valence-electron chi connectivity index (χ2n) is 7.13. The Kier molecular flexibility index (Phi) is 9.52. The normalized spacial score (nSPS) is 15.9. The predicted molar refractivity (Wildman–Crippen MR) is 121 cm³/mol. The molecular weight excluding hydrogens is 447 g/mol. The van der Waals surface area contributed by atoms with Crippen LogP contribution in [0.5, 0.6) is 0 Å². The maximum Gasteiger partial charge on any atom is 0.325 e. The first-order chi connectivity index (χ1) is 14.2. The average molecular weight is 473 g/mol. The standard InChI is InChI=1S/C21H26Cl2N2O4S/c1-3-12-30-16-6-4-14(18(22)19(16)23)5-7-17(26)25-10-8-15(9-11-25)20(27)24-13(2)21(28)29/h4-7,13,15H,3,8-12H2,1-2H3,(H,24,27)(H,28,29)/b7-5+/t13-/m0/s1. The van der Waals surface area contributed by atoms with Crippen LogP contribution in [0.3, 0.4) is 0 Å². The average Bonchev–Trinajstić information content (AvgIpc) is 2.73. The van der Waals surface area contributed by atoms with Gasteiger partial charge in [0.05, 0.1) is 10.0 Å². The van der Waals surface area contributed by atoms with Crippen molar-refractivity contribution < 1.29 is 19.5 Å². The van der Waals surface area contributed by atoms with Crippen LogP contribution in [-0.2, 0) is 14.4 Å². The molecule has 30 heavy (non-hydrogen) atoms. The number of likely N-dealkylation sites (tertiary alicyclic amines) is 1. The Morgan fingerprint density at radius 1 is 1.27 bits per heavy atom. The van der Waals surface area contributed by atoms with Gasteiger partial charge in [-0.05, 0) is 49.6 Å². The number of nitrogens with one attached hydrogen (secondary N) is 1. The van der Waals surface area contributed by atoms with Crippen LogP contribution in [-0.4, -0.2) is 52.7 Å². The molecule has 0 bridgehead atoms. The summed E-state index contributed by atoms with van der Waals surface area (Å²) in [5.41, 5.74) is 0.674. The van der Waals surface area contributed by atoms with Crippen LogP contribution in [0.25, 0.3) is 6.08 Å². The van der Waals surface area contributed by atoms with E-state index in [0.717, 1.165) is 17.1 Å². The largest absolute Gasteiger partial charge is 0.480 e. The van der Waals surface area contributed by atoms with Crippen LogP contribution in [0.2, 0.25) is 10.0 Å². The Morgan fingerprint density at radius 2 is 1.93 bits per heavy atom. The van der Waals surface area contributed by atoms with Crippen LogP contribution >= 0.6 is 35.0 Å². The number of halogens is 2. The predicted octanol–water partition coefficient (Wildman–Crippen LogP) is 4.34. The molecule has 0 saturated carbocycles. The molecule has 0 spiro atoms. The lowest BCUT2D eigenvalue weighted by molar-refractivity contribution is -0.142. The van der Waals surface area contributed by atoms with Gasteiger partial charge in [-0.1, -0.05) is 36.2 Å². The van der Waals surface area contributed by atoms with E-state index in [1.54, 1.807) is 22.7 Å². The molecule has 1 aromatic carbocycles. The number of piperidine rings is 1. The molecule has 6 nitrogen and oxygen atoms in total. The van der Waals surface area contributed by atoms with Gasteiger partial charge in [0.1, 0.15) is 6.04 Å². The van der Waals surface area contributed by atoms with Gasteiger partial charge in [-0.3, -0.25) is 14.4 Å². The summed E-state index contributed by atoms with van der Waals surface area (Å²) in [6.07, 6.45) is 5.13.